The standard InChI is InChI=1S/C21H21N5O3/c27-20(25-13-7-2-8-14-25)19(16-9-3-1-4-10-16)29-21(28)17-11-5-6-12-18(17)26-15-22-23-24-26/h1,3-6,9-12,15,19H,2,7-8,13-14H2/t19-/m1/s1. The minimum atomic E-state index is -0.997. The van der Waals surface area contributed by atoms with Gasteiger partial charge in [-0.3, -0.25) is 4.79 Å². The molecule has 3 aromatic rings. The Balaban J connectivity index is 1.63. The van der Waals surface area contributed by atoms with Crippen molar-refractivity contribution in [1.82, 2.24) is 25.1 Å². The molecule has 0 saturated carbocycles. The lowest BCUT2D eigenvalue weighted by atomic mass is 10.1. The summed E-state index contributed by atoms with van der Waals surface area (Å²) < 4.78 is 7.15. The van der Waals surface area contributed by atoms with Crippen molar-refractivity contribution in [3.63, 3.8) is 0 Å². The smallest absolute Gasteiger partial charge is 0.341 e. The molecule has 0 N–H and O–H groups in total. The fourth-order valence-electron chi connectivity index (χ4n) is 3.46. The molecule has 29 heavy (non-hydrogen) atoms. The summed E-state index contributed by atoms with van der Waals surface area (Å²) in [6, 6.07) is 16.0. The molecular formula is C21H21N5O3. The van der Waals surface area contributed by atoms with Crippen LogP contribution in [0.25, 0.3) is 5.69 Å². The van der Waals surface area contributed by atoms with Crippen LogP contribution in [0.1, 0.15) is 41.3 Å². The molecular weight excluding hydrogens is 370 g/mol. The average Bonchev–Trinajstić information content (AvgIpc) is 3.33. The van der Waals surface area contributed by atoms with Crippen LogP contribution < -0.4 is 0 Å². The van der Waals surface area contributed by atoms with E-state index in [-0.39, 0.29) is 11.5 Å². The Hall–Kier alpha value is -3.55. The molecule has 148 valence electrons. The van der Waals surface area contributed by atoms with E-state index in [1.165, 1.54) is 11.0 Å². The van der Waals surface area contributed by atoms with Crippen molar-refractivity contribution in [2.24, 2.45) is 0 Å². The first kappa shape index (κ1) is 18.8. The van der Waals surface area contributed by atoms with Crippen LogP contribution in [0, 0.1) is 0 Å². The van der Waals surface area contributed by atoms with Crippen molar-refractivity contribution in [2.45, 2.75) is 25.4 Å². The zero-order chi connectivity index (χ0) is 20.1. The largest absolute Gasteiger partial charge is 0.444 e. The maximum Gasteiger partial charge on any atom is 0.341 e. The van der Waals surface area contributed by atoms with E-state index in [0.29, 0.717) is 24.3 Å². The van der Waals surface area contributed by atoms with Crippen LogP contribution in [0.4, 0.5) is 0 Å². The summed E-state index contributed by atoms with van der Waals surface area (Å²) in [5.74, 6) is -0.792. The number of amides is 1. The number of aromatic nitrogens is 4. The van der Waals surface area contributed by atoms with Gasteiger partial charge in [0.15, 0.2) is 0 Å². The highest BCUT2D eigenvalue weighted by atomic mass is 16.5. The van der Waals surface area contributed by atoms with Crippen LogP contribution in [-0.2, 0) is 9.53 Å². The Morgan fingerprint density at radius 3 is 2.38 bits per heavy atom. The van der Waals surface area contributed by atoms with E-state index in [1.54, 1.807) is 41.3 Å². The fraction of sp³-hybridized carbons (Fsp3) is 0.286. The van der Waals surface area contributed by atoms with Gasteiger partial charge in [-0.25, -0.2) is 4.79 Å². The summed E-state index contributed by atoms with van der Waals surface area (Å²) in [5.41, 5.74) is 1.42. The Bertz CT molecular complexity index is 969. The van der Waals surface area contributed by atoms with Gasteiger partial charge in [0.05, 0.1) is 11.3 Å². The molecule has 0 bridgehead atoms. The summed E-state index contributed by atoms with van der Waals surface area (Å²) in [6.07, 6.45) is 3.44. The van der Waals surface area contributed by atoms with Gasteiger partial charge in [-0.2, -0.15) is 4.68 Å². The topological polar surface area (TPSA) is 90.2 Å². The normalized spacial score (nSPS) is 15.0. The Kier molecular flexibility index (Phi) is 5.60. The SMILES string of the molecule is O=C(O[C@@H](C(=O)N1CCCCC1)c1ccccc1)c1ccccc1-n1cnnn1. The van der Waals surface area contributed by atoms with Gasteiger partial charge in [0, 0.05) is 18.7 Å². The summed E-state index contributed by atoms with van der Waals surface area (Å²) >= 11 is 0. The molecule has 1 amide bonds. The number of esters is 1. The number of carbonyl (C=O) groups is 2. The predicted octanol–water partition coefficient (Wildman–Crippen LogP) is 2.57. The molecule has 0 unspecified atom stereocenters. The molecule has 1 aromatic heterocycles. The van der Waals surface area contributed by atoms with Gasteiger partial charge in [-0.05, 0) is 41.8 Å². The summed E-state index contributed by atoms with van der Waals surface area (Å²) in [6.45, 7) is 1.36. The molecule has 1 aliphatic rings. The lowest BCUT2D eigenvalue weighted by Gasteiger charge is -2.30. The van der Waals surface area contributed by atoms with Crippen molar-refractivity contribution in [1.29, 1.82) is 0 Å². The van der Waals surface area contributed by atoms with E-state index < -0.39 is 12.1 Å². The molecule has 1 aliphatic heterocycles. The van der Waals surface area contributed by atoms with E-state index in [1.807, 2.05) is 18.2 Å². The first-order valence-electron chi connectivity index (χ1n) is 9.61. The van der Waals surface area contributed by atoms with E-state index in [0.717, 1.165) is 19.3 Å². The summed E-state index contributed by atoms with van der Waals surface area (Å²) in [7, 11) is 0. The highest BCUT2D eigenvalue weighted by molar-refractivity contribution is 5.95. The van der Waals surface area contributed by atoms with Crippen molar-refractivity contribution in [3.8, 4) is 5.69 Å². The number of likely N-dealkylation sites (tertiary alicyclic amines) is 1. The van der Waals surface area contributed by atoms with Crippen molar-refractivity contribution in [3.05, 3.63) is 72.1 Å². The minimum Gasteiger partial charge on any atom is -0.444 e. The molecule has 2 aromatic carbocycles. The van der Waals surface area contributed by atoms with Crippen LogP contribution in [0.15, 0.2) is 60.9 Å². The molecule has 2 heterocycles. The first-order chi connectivity index (χ1) is 14.2. The lowest BCUT2D eigenvalue weighted by molar-refractivity contribution is -0.142. The number of para-hydroxylation sites is 1. The number of carbonyl (C=O) groups excluding carboxylic acids is 2. The van der Waals surface area contributed by atoms with Crippen molar-refractivity contribution in [2.75, 3.05) is 13.1 Å². The van der Waals surface area contributed by atoms with Gasteiger partial charge in [0.2, 0.25) is 6.10 Å². The van der Waals surface area contributed by atoms with Gasteiger partial charge in [-0.15, -0.1) is 5.10 Å². The van der Waals surface area contributed by atoms with Crippen LogP contribution >= 0.6 is 0 Å². The minimum absolute atomic E-state index is 0.191. The summed E-state index contributed by atoms with van der Waals surface area (Å²) in [5, 5.41) is 11.1. The quantitative estimate of drug-likeness (QED) is 0.621. The van der Waals surface area contributed by atoms with E-state index in [2.05, 4.69) is 15.5 Å². The van der Waals surface area contributed by atoms with E-state index in [4.69, 9.17) is 4.74 Å². The van der Waals surface area contributed by atoms with Crippen LogP contribution in [0.5, 0.6) is 0 Å². The Morgan fingerprint density at radius 1 is 0.931 bits per heavy atom. The second-order valence-corrected chi connectivity index (χ2v) is 6.85. The van der Waals surface area contributed by atoms with E-state index >= 15 is 0 Å². The number of tetrazole rings is 1. The van der Waals surface area contributed by atoms with Crippen molar-refractivity contribution < 1.29 is 14.3 Å². The fourth-order valence-corrected chi connectivity index (χ4v) is 3.46. The number of rotatable bonds is 5. The Morgan fingerprint density at radius 2 is 1.66 bits per heavy atom. The molecule has 4 rings (SSSR count). The third kappa shape index (κ3) is 4.16. The number of hydrogen-bond donors (Lipinski definition) is 0. The first-order valence-corrected chi connectivity index (χ1v) is 9.61. The molecule has 1 saturated heterocycles. The van der Waals surface area contributed by atoms with Crippen LogP contribution in [-0.4, -0.2) is 50.1 Å². The third-order valence-electron chi connectivity index (χ3n) is 4.94. The highest BCUT2D eigenvalue weighted by Crippen LogP contribution is 2.25. The average molecular weight is 391 g/mol. The number of benzene rings is 2. The molecule has 8 nitrogen and oxygen atoms in total. The molecule has 0 spiro atoms. The third-order valence-corrected chi connectivity index (χ3v) is 4.94. The molecule has 8 heteroatoms. The molecule has 1 atom stereocenters. The van der Waals surface area contributed by atoms with Gasteiger partial charge in [0.25, 0.3) is 5.91 Å². The molecule has 0 aliphatic carbocycles. The van der Waals surface area contributed by atoms with Gasteiger partial charge in [-0.1, -0.05) is 42.5 Å². The zero-order valence-corrected chi connectivity index (χ0v) is 15.8. The lowest BCUT2D eigenvalue weighted by Crippen LogP contribution is -2.40. The van der Waals surface area contributed by atoms with Crippen LogP contribution in [0.2, 0.25) is 0 Å². The second-order valence-electron chi connectivity index (χ2n) is 6.85. The second kappa shape index (κ2) is 8.64. The van der Waals surface area contributed by atoms with Crippen molar-refractivity contribution >= 4 is 11.9 Å². The van der Waals surface area contributed by atoms with E-state index in [9.17, 15) is 9.59 Å². The summed E-state index contributed by atoms with van der Waals surface area (Å²) in [4.78, 5) is 28.0. The maximum absolute atomic E-state index is 13.2. The number of ether oxygens (including phenoxy) is 1. The number of hydrogen-bond acceptors (Lipinski definition) is 6. The van der Waals surface area contributed by atoms with Crippen LogP contribution in [0.3, 0.4) is 0 Å². The van der Waals surface area contributed by atoms with Gasteiger partial charge < -0.3 is 9.64 Å². The zero-order valence-electron chi connectivity index (χ0n) is 15.8. The number of nitrogens with zero attached hydrogens (tertiary/aromatic N) is 5. The molecule has 1 fully saturated rings. The highest BCUT2D eigenvalue weighted by Gasteiger charge is 2.31. The maximum atomic E-state index is 13.2. The number of piperidine rings is 1. The Labute approximate surface area is 168 Å². The van der Waals surface area contributed by atoms with Gasteiger partial charge in [0.1, 0.15) is 6.33 Å². The molecule has 0 radical (unpaired) electrons. The predicted molar refractivity (Wildman–Crippen MR) is 104 cm³/mol. The monoisotopic (exact) mass is 391 g/mol. The van der Waals surface area contributed by atoms with Gasteiger partial charge >= 0.3 is 5.97 Å².